The van der Waals surface area contributed by atoms with Crippen molar-refractivity contribution < 1.29 is 24.5 Å². The molecule has 0 aliphatic carbocycles. The van der Waals surface area contributed by atoms with Crippen LogP contribution in [-0.4, -0.2) is 38.4 Å². The molecule has 3 aromatic rings. The zero-order valence-corrected chi connectivity index (χ0v) is 17.8. The summed E-state index contributed by atoms with van der Waals surface area (Å²) in [7, 11) is 0. The number of nitrogens with zero attached hydrogens (tertiary/aromatic N) is 2. The number of carbonyl (C=O) groups is 2. The van der Waals surface area contributed by atoms with Crippen LogP contribution in [0.3, 0.4) is 0 Å². The first kappa shape index (κ1) is 20.8. The summed E-state index contributed by atoms with van der Waals surface area (Å²) in [6.45, 7) is 0.781. The predicted molar refractivity (Wildman–Crippen MR) is 120 cm³/mol. The van der Waals surface area contributed by atoms with E-state index < -0.39 is 17.7 Å². The van der Waals surface area contributed by atoms with E-state index in [1.807, 2.05) is 6.07 Å². The van der Waals surface area contributed by atoms with Crippen LogP contribution in [0.15, 0.2) is 72.6 Å². The maximum atomic E-state index is 13.2. The molecule has 1 aromatic heterocycles. The number of ketones is 1. The van der Waals surface area contributed by atoms with E-state index in [4.69, 9.17) is 4.74 Å². The van der Waals surface area contributed by atoms with Crippen LogP contribution in [0.4, 0.5) is 0 Å². The Bertz CT molecular complexity index is 1270. The van der Waals surface area contributed by atoms with Gasteiger partial charge in [-0.25, -0.2) is 0 Å². The third-order valence-corrected chi connectivity index (χ3v) is 5.98. The highest BCUT2D eigenvalue weighted by atomic mass is 16.5. The number of ether oxygens (including phenoxy) is 1. The van der Waals surface area contributed by atoms with Crippen LogP contribution >= 0.6 is 0 Å². The summed E-state index contributed by atoms with van der Waals surface area (Å²) in [6, 6.07) is 14.4. The molecule has 1 amide bonds. The lowest BCUT2D eigenvalue weighted by molar-refractivity contribution is -0.140. The van der Waals surface area contributed by atoms with Gasteiger partial charge in [0.05, 0.1) is 18.2 Å². The van der Waals surface area contributed by atoms with E-state index >= 15 is 0 Å². The fourth-order valence-corrected chi connectivity index (χ4v) is 4.44. The number of benzene rings is 2. The Labute approximate surface area is 190 Å². The van der Waals surface area contributed by atoms with Crippen molar-refractivity contribution in [3.05, 3.63) is 94.8 Å². The average molecular weight is 442 g/mol. The maximum absolute atomic E-state index is 13.2. The summed E-state index contributed by atoms with van der Waals surface area (Å²) in [5, 5.41) is 21.3. The number of fused-ring (bicyclic) bond motifs is 1. The maximum Gasteiger partial charge on any atom is 0.295 e. The number of aliphatic hydroxyl groups excluding tert-OH is 1. The van der Waals surface area contributed by atoms with Gasteiger partial charge in [0.1, 0.15) is 17.3 Å². The summed E-state index contributed by atoms with van der Waals surface area (Å²) in [5.41, 5.74) is 2.66. The first-order valence-electron chi connectivity index (χ1n) is 10.8. The number of Topliss-reactive ketones (excluding diaryl/α,β-unsaturated/α-hetero) is 1. The van der Waals surface area contributed by atoms with Gasteiger partial charge in [-0.1, -0.05) is 18.2 Å². The van der Waals surface area contributed by atoms with E-state index in [0.29, 0.717) is 17.7 Å². The number of phenolic OH excluding ortho intramolecular Hbond substituents is 1. The van der Waals surface area contributed by atoms with Gasteiger partial charge in [-0.05, 0) is 65.9 Å². The van der Waals surface area contributed by atoms with Gasteiger partial charge in [0, 0.05) is 24.5 Å². The molecule has 0 saturated carbocycles. The zero-order chi connectivity index (χ0) is 22.9. The molecule has 1 unspecified atom stereocenters. The van der Waals surface area contributed by atoms with Crippen molar-refractivity contribution in [1.29, 1.82) is 0 Å². The largest absolute Gasteiger partial charge is 0.508 e. The van der Waals surface area contributed by atoms with Crippen LogP contribution in [0.2, 0.25) is 0 Å². The lowest BCUT2D eigenvalue weighted by atomic mass is 9.94. The molecule has 2 aliphatic heterocycles. The molecule has 2 N–H and O–H groups in total. The summed E-state index contributed by atoms with van der Waals surface area (Å²) < 4.78 is 5.65. The Balaban J connectivity index is 1.64. The van der Waals surface area contributed by atoms with Crippen molar-refractivity contribution in [1.82, 2.24) is 9.88 Å². The number of phenols is 1. The van der Waals surface area contributed by atoms with Crippen molar-refractivity contribution in [2.24, 2.45) is 0 Å². The zero-order valence-electron chi connectivity index (χ0n) is 17.8. The van der Waals surface area contributed by atoms with Crippen molar-refractivity contribution >= 4 is 17.4 Å². The van der Waals surface area contributed by atoms with Crippen LogP contribution in [0, 0.1) is 0 Å². The number of pyridine rings is 1. The SMILES string of the molecule is O=C1C(=O)N(Cc2cccnc2)C(c2cccc(O)c2)/C1=C(/O)c1ccc2c(c1)CCCO2. The molecule has 1 fully saturated rings. The number of likely N-dealkylation sites (tertiary alicyclic amines) is 1. The van der Waals surface area contributed by atoms with Crippen LogP contribution in [0.25, 0.3) is 5.76 Å². The third-order valence-electron chi connectivity index (χ3n) is 5.98. The average Bonchev–Trinajstić information content (AvgIpc) is 3.09. The molecule has 1 atom stereocenters. The standard InChI is InChI=1S/C26H22N2O5/c29-20-7-1-5-18(13-20)23-22(24(30)19-8-9-21-17(12-19)6-3-11-33-21)25(31)26(32)28(23)15-16-4-2-10-27-14-16/h1-2,4-5,7-10,12-14,23,29-30H,3,6,11,15H2/b24-22-. The molecule has 33 heavy (non-hydrogen) atoms. The summed E-state index contributed by atoms with van der Waals surface area (Å²) in [4.78, 5) is 31.7. The molecule has 7 heteroatoms. The fourth-order valence-electron chi connectivity index (χ4n) is 4.44. The Morgan fingerprint density at radius 3 is 2.79 bits per heavy atom. The molecular weight excluding hydrogens is 420 g/mol. The minimum absolute atomic E-state index is 0.00500. The van der Waals surface area contributed by atoms with Crippen LogP contribution in [-0.2, 0) is 22.6 Å². The van der Waals surface area contributed by atoms with Gasteiger partial charge in [0.25, 0.3) is 11.7 Å². The van der Waals surface area contributed by atoms with Crippen LogP contribution in [0.1, 0.15) is 34.7 Å². The van der Waals surface area contributed by atoms with E-state index in [1.165, 1.54) is 17.0 Å². The molecule has 0 bridgehead atoms. The van der Waals surface area contributed by atoms with E-state index in [0.717, 1.165) is 29.7 Å². The lowest BCUT2D eigenvalue weighted by Crippen LogP contribution is -2.29. The van der Waals surface area contributed by atoms with Gasteiger partial charge in [-0.3, -0.25) is 14.6 Å². The van der Waals surface area contributed by atoms with Crippen molar-refractivity contribution in [3.63, 3.8) is 0 Å². The highest BCUT2D eigenvalue weighted by molar-refractivity contribution is 6.46. The van der Waals surface area contributed by atoms with E-state index in [1.54, 1.807) is 48.8 Å². The lowest BCUT2D eigenvalue weighted by Gasteiger charge is -2.25. The second kappa shape index (κ2) is 8.43. The summed E-state index contributed by atoms with van der Waals surface area (Å²) in [6.07, 6.45) is 4.93. The quantitative estimate of drug-likeness (QED) is 0.363. The number of aliphatic hydroxyl groups is 1. The Hall–Kier alpha value is -4.13. The number of aryl methyl sites for hydroxylation is 1. The molecule has 2 aliphatic rings. The van der Waals surface area contributed by atoms with Gasteiger partial charge in [0.2, 0.25) is 0 Å². The molecule has 7 nitrogen and oxygen atoms in total. The van der Waals surface area contributed by atoms with Crippen molar-refractivity contribution in [3.8, 4) is 11.5 Å². The number of carbonyl (C=O) groups excluding carboxylic acids is 2. The first-order chi connectivity index (χ1) is 16.0. The number of amides is 1. The molecule has 2 aromatic carbocycles. The van der Waals surface area contributed by atoms with Crippen molar-refractivity contribution in [2.45, 2.75) is 25.4 Å². The number of aromatic nitrogens is 1. The van der Waals surface area contributed by atoms with Gasteiger partial charge in [-0.2, -0.15) is 0 Å². The van der Waals surface area contributed by atoms with Gasteiger partial charge in [-0.15, -0.1) is 0 Å². The number of rotatable bonds is 4. The molecule has 3 heterocycles. The molecule has 0 spiro atoms. The predicted octanol–water partition coefficient (Wildman–Crippen LogP) is 3.73. The summed E-state index contributed by atoms with van der Waals surface area (Å²) >= 11 is 0. The summed E-state index contributed by atoms with van der Waals surface area (Å²) in [5.74, 6) is -0.956. The van der Waals surface area contributed by atoms with Gasteiger partial charge in [0.15, 0.2) is 0 Å². The van der Waals surface area contributed by atoms with E-state index in [9.17, 15) is 19.8 Å². The Morgan fingerprint density at radius 1 is 1.12 bits per heavy atom. The molecule has 1 saturated heterocycles. The highest BCUT2D eigenvalue weighted by Crippen LogP contribution is 2.41. The molecular formula is C26H22N2O5. The van der Waals surface area contributed by atoms with Crippen LogP contribution < -0.4 is 4.74 Å². The normalized spacial score (nSPS) is 19.3. The number of hydrogen-bond acceptors (Lipinski definition) is 6. The topological polar surface area (TPSA) is 100.0 Å². The minimum atomic E-state index is -0.857. The smallest absolute Gasteiger partial charge is 0.295 e. The fraction of sp³-hybridized carbons (Fsp3) is 0.192. The Morgan fingerprint density at radius 2 is 2.00 bits per heavy atom. The number of aromatic hydroxyl groups is 1. The van der Waals surface area contributed by atoms with Crippen LogP contribution in [0.5, 0.6) is 11.5 Å². The van der Waals surface area contributed by atoms with Gasteiger partial charge >= 0.3 is 0 Å². The van der Waals surface area contributed by atoms with Crippen molar-refractivity contribution in [2.75, 3.05) is 6.61 Å². The third kappa shape index (κ3) is 3.82. The molecule has 166 valence electrons. The van der Waals surface area contributed by atoms with E-state index in [2.05, 4.69) is 4.98 Å². The Kier molecular flexibility index (Phi) is 5.30. The van der Waals surface area contributed by atoms with Gasteiger partial charge < -0.3 is 19.8 Å². The second-order valence-corrected chi connectivity index (χ2v) is 8.16. The second-order valence-electron chi connectivity index (χ2n) is 8.16. The molecule has 0 radical (unpaired) electrons. The monoisotopic (exact) mass is 442 g/mol. The number of hydrogen-bond donors (Lipinski definition) is 2. The first-order valence-corrected chi connectivity index (χ1v) is 10.8. The minimum Gasteiger partial charge on any atom is -0.508 e. The van der Waals surface area contributed by atoms with E-state index in [-0.39, 0.29) is 23.6 Å². The molecule has 5 rings (SSSR count). The highest BCUT2D eigenvalue weighted by Gasteiger charge is 2.46.